The van der Waals surface area contributed by atoms with Crippen molar-refractivity contribution in [2.75, 3.05) is 6.61 Å². The number of aliphatic hydroxyl groups is 1. The lowest BCUT2D eigenvalue weighted by Crippen LogP contribution is -2.25. The maximum atomic E-state index is 9.37. The first kappa shape index (κ1) is 11.6. The molecule has 1 aromatic heterocycles. The lowest BCUT2D eigenvalue weighted by Gasteiger charge is -2.25. The Balaban J connectivity index is 1.67. The van der Waals surface area contributed by atoms with Crippen LogP contribution in [0, 0.1) is 0 Å². The largest absolute Gasteiger partial charge is 0.393 e. The Morgan fingerprint density at radius 1 is 1.44 bits per heavy atom. The minimum absolute atomic E-state index is 0.100. The third-order valence-corrected chi connectivity index (χ3v) is 3.28. The molecular weight excluding hydrogens is 204 g/mol. The van der Waals surface area contributed by atoms with Crippen LogP contribution in [0.3, 0.4) is 0 Å². The second-order valence-electron chi connectivity index (χ2n) is 4.50. The van der Waals surface area contributed by atoms with Crippen molar-refractivity contribution in [2.45, 2.75) is 44.3 Å². The number of aromatic nitrogens is 2. The average Bonchev–Trinajstić information content (AvgIpc) is 2.68. The molecule has 4 nitrogen and oxygen atoms in total. The molecule has 1 aliphatic rings. The molecule has 0 aromatic carbocycles. The van der Waals surface area contributed by atoms with Crippen molar-refractivity contribution >= 4 is 0 Å². The molecular formula is C12H20N2O2. The van der Waals surface area contributed by atoms with Gasteiger partial charge in [-0.25, -0.2) is 0 Å². The summed E-state index contributed by atoms with van der Waals surface area (Å²) in [6.45, 7) is 0.750. The third kappa shape index (κ3) is 3.06. The minimum atomic E-state index is -0.100. The summed E-state index contributed by atoms with van der Waals surface area (Å²) >= 11 is 0. The molecule has 1 fully saturated rings. The van der Waals surface area contributed by atoms with E-state index in [1.807, 2.05) is 24.0 Å². The average molecular weight is 224 g/mol. The smallest absolute Gasteiger partial charge is 0.0577 e. The van der Waals surface area contributed by atoms with Gasteiger partial charge < -0.3 is 9.84 Å². The van der Waals surface area contributed by atoms with E-state index in [0.29, 0.717) is 6.10 Å². The lowest BCUT2D eigenvalue weighted by atomic mass is 9.95. The molecule has 1 aliphatic carbocycles. The van der Waals surface area contributed by atoms with Crippen LogP contribution in [0.15, 0.2) is 12.3 Å². The predicted molar refractivity (Wildman–Crippen MR) is 61.1 cm³/mol. The quantitative estimate of drug-likeness (QED) is 0.838. The third-order valence-electron chi connectivity index (χ3n) is 3.28. The first-order valence-electron chi connectivity index (χ1n) is 6.02. The zero-order valence-corrected chi connectivity index (χ0v) is 9.80. The van der Waals surface area contributed by atoms with Crippen LogP contribution in [0.4, 0.5) is 0 Å². The highest BCUT2D eigenvalue weighted by Gasteiger charge is 2.19. The van der Waals surface area contributed by atoms with Crippen molar-refractivity contribution in [1.82, 2.24) is 9.78 Å². The van der Waals surface area contributed by atoms with Gasteiger partial charge in [-0.3, -0.25) is 4.68 Å². The Kier molecular flexibility index (Phi) is 3.96. The molecule has 0 amide bonds. The first-order valence-corrected chi connectivity index (χ1v) is 6.02. The summed E-state index contributed by atoms with van der Waals surface area (Å²) in [6.07, 6.45) is 6.72. The Morgan fingerprint density at radius 3 is 2.81 bits per heavy atom. The number of hydrogen-bond acceptors (Lipinski definition) is 3. The number of aryl methyl sites for hydroxylation is 1. The molecule has 0 spiro atoms. The summed E-state index contributed by atoms with van der Waals surface area (Å²) in [6, 6.07) is 2.02. The van der Waals surface area contributed by atoms with Crippen molar-refractivity contribution in [3.63, 3.8) is 0 Å². The van der Waals surface area contributed by atoms with E-state index in [9.17, 15) is 5.11 Å². The van der Waals surface area contributed by atoms with Gasteiger partial charge in [-0.15, -0.1) is 0 Å². The van der Waals surface area contributed by atoms with Crippen molar-refractivity contribution < 1.29 is 9.84 Å². The fourth-order valence-electron chi connectivity index (χ4n) is 2.19. The second kappa shape index (κ2) is 5.46. The standard InChI is InChI=1S/C12H20N2O2/c1-14-10(6-8-13-14)7-9-16-12-4-2-11(15)3-5-12/h6,8,11-12,15H,2-5,7,9H2,1H3. The zero-order valence-electron chi connectivity index (χ0n) is 9.80. The second-order valence-corrected chi connectivity index (χ2v) is 4.50. The summed E-state index contributed by atoms with van der Waals surface area (Å²) < 4.78 is 7.69. The van der Waals surface area contributed by atoms with Gasteiger partial charge in [-0.2, -0.15) is 5.10 Å². The van der Waals surface area contributed by atoms with E-state index in [-0.39, 0.29) is 6.10 Å². The number of aliphatic hydroxyl groups excluding tert-OH is 1. The Morgan fingerprint density at radius 2 is 2.19 bits per heavy atom. The molecule has 0 aliphatic heterocycles. The monoisotopic (exact) mass is 224 g/mol. The normalized spacial score (nSPS) is 25.9. The molecule has 90 valence electrons. The first-order chi connectivity index (χ1) is 7.75. The maximum absolute atomic E-state index is 9.37. The topological polar surface area (TPSA) is 47.3 Å². The molecule has 0 saturated heterocycles. The summed E-state index contributed by atoms with van der Waals surface area (Å²) in [5, 5.41) is 13.5. The van der Waals surface area contributed by atoms with Crippen LogP contribution in [0.5, 0.6) is 0 Å². The van der Waals surface area contributed by atoms with E-state index in [2.05, 4.69) is 5.10 Å². The summed E-state index contributed by atoms with van der Waals surface area (Å²) in [4.78, 5) is 0. The van der Waals surface area contributed by atoms with Crippen LogP contribution in [0.1, 0.15) is 31.4 Å². The van der Waals surface area contributed by atoms with E-state index >= 15 is 0 Å². The summed E-state index contributed by atoms with van der Waals surface area (Å²) in [7, 11) is 1.95. The van der Waals surface area contributed by atoms with Gasteiger partial charge >= 0.3 is 0 Å². The molecule has 2 rings (SSSR count). The van der Waals surface area contributed by atoms with Crippen LogP contribution in [0.2, 0.25) is 0 Å². The molecule has 1 heterocycles. The van der Waals surface area contributed by atoms with Gasteiger partial charge in [0.25, 0.3) is 0 Å². The molecule has 4 heteroatoms. The van der Waals surface area contributed by atoms with Gasteiger partial charge in [0.1, 0.15) is 0 Å². The van der Waals surface area contributed by atoms with Gasteiger partial charge in [-0.05, 0) is 31.7 Å². The van der Waals surface area contributed by atoms with Crippen molar-refractivity contribution in [3.05, 3.63) is 18.0 Å². The predicted octanol–water partition coefficient (Wildman–Crippen LogP) is 1.28. The van der Waals surface area contributed by atoms with Crippen molar-refractivity contribution in [1.29, 1.82) is 0 Å². The van der Waals surface area contributed by atoms with E-state index < -0.39 is 0 Å². The SMILES string of the molecule is Cn1nccc1CCOC1CCC(O)CC1. The Labute approximate surface area is 96.2 Å². The molecule has 0 radical (unpaired) electrons. The number of rotatable bonds is 4. The molecule has 0 unspecified atom stereocenters. The van der Waals surface area contributed by atoms with Crippen LogP contribution in [0.25, 0.3) is 0 Å². The van der Waals surface area contributed by atoms with Crippen LogP contribution >= 0.6 is 0 Å². The summed E-state index contributed by atoms with van der Waals surface area (Å²) in [5.74, 6) is 0. The minimum Gasteiger partial charge on any atom is -0.393 e. The molecule has 1 aromatic rings. The Hall–Kier alpha value is -0.870. The molecule has 1 N–H and O–H groups in total. The summed E-state index contributed by atoms with van der Waals surface area (Å²) in [5.41, 5.74) is 1.20. The number of nitrogens with zero attached hydrogens (tertiary/aromatic N) is 2. The highest BCUT2D eigenvalue weighted by Crippen LogP contribution is 2.21. The van der Waals surface area contributed by atoms with Gasteiger partial charge in [0.2, 0.25) is 0 Å². The fraction of sp³-hybridized carbons (Fsp3) is 0.750. The molecule has 0 atom stereocenters. The van der Waals surface area contributed by atoms with E-state index in [4.69, 9.17) is 4.74 Å². The van der Waals surface area contributed by atoms with Gasteiger partial charge in [0, 0.05) is 25.4 Å². The number of ether oxygens (including phenoxy) is 1. The van der Waals surface area contributed by atoms with Gasteiger partial charge in [-0.1, -0.05) is 0 Å². The van der Waals surface area contributed by atoms with Gasteiger partial charge in [0.05, 0.1) is 18.8 Å². The lowest BCUT2D eigenvalue weighted by molar-refractivity contribution is -0.00219. The van der Waals surface area contributed by atoms with Crippen molar-refractivity contribution in [2.24, 2.45) is 7.05 Å². The van der Waals surface area contributed by atoms with Crippen LogP contribution in [-0.2, 0) is 18.2 Å². The van der Waals surface area contributed by atoms with Crippen LogP contribution < -0.4 is 0 Å². The van der Waals surface area contributed by atoms with Gasteiger partial charge in [0.15, 0.2) is 0 Å². The maximum Gasteiger partial charge on any atom is 0.0577 e. The Bertz CT molecular complexity index is 317. The highest BCUT2D eigenvalue weighted by molar-refractivity contribution is 4.99. The van der Waals surface area contributed by atoms with E-state index in [1.165, 1.54) is 5.69 Å². The van der Waals surface area contributed by atoms with E-state index in [1.54, 1.807) is 0 Å². The van der Waals surface area contributed by atoms with E-state index in [0.717, 1.165) is 38.7 Å². The highest BCUT2D eigenvalue weighted by atomic mass is 16.5. The number of hydrogen-bond donors (Lipinski definition) is 1. The molecule has 1 saturated carbocycles. The fourth-order valence-corrected chi connectivity index (χ4v) is 2.19. The van der Waals surface area contributed by atoms with Crippen LogP contribution in [-0.4, -0.2) is 33.7 Å². The molecule has 16 heavy (non-hydrogen) atoms. The zero-order chi connectivity index (χ0) is 11.4. The van der Waals surface area contributed by atoms with Crippen molar-refractivity contribution in [3.8, 4) is 0 Å². The molecule has 0 bridgehead atoms.